The zero-order chi connectivity index (χ0) is 19.6. The molecule has 3 aliphatic heterocycles. The molecule has 0 amide bonds. The Kier molecular flexibility index (Phi) is 3.71. The summed E-state index contributed by atoms with van der Waals surface area (Å²) in [6.45, 7) is 0.556. The van der Waals surface area contributed by atoms with Gasteiger partial charge in [0.2, 0.25) is 0 Å². The SMILES string of the molecule is NC1CC(F)N(c2ccc3c4c2Cc2ccccc2N4CCC3=O)C1C(=O)O. The largest absolute Gasteiger partial charge is 0.480 e. The minimum Gasteiger partial charge on any atom is -0.480 e. The first kappa shape index (κ1) is 17.2. The summed E-state index contributed by atoms with van der Waals surface area (Å²) in [6.07, 6.45) is -0.580. The molecule has 6 nitrogen and oxygen atoms in total. The number of rotatable bonds is 2. The molecule has 3 unspecified atom stereocenters. The monoisotopic (exact) mass is 381 g/mol. The zero-order valence-corrected chi connectivity index (χ0v) is 15.1. The third-order valence-corrected chi connectivity index (χ3v) is 6.05. The highest BCUT2D eigenvalue weighted by molar-refractivity contribution is 6.07. The molecule has 0 radical (unpaired) electrons. The van der Waals surface area contributed by atoms with Crippen LogP contribution in [0.3, 0.4) is 0 Å². The van der Waals surface area contributed by atoms with Gasteiger partial charge < -0.3 is 20.6 Å². The molecule has 3 aliphatic rings. The van der Waals surface area contributed by atoms with Crippen molar-refractivity contribution in [1.29, 1.82) is 0 Å². The molecule has 2 aromatic rings. The maximum atomic E-state index is 14.9. The second-order valence-electron chi connectivity index (χ2n) is 7.61. The molecule has 0 saturated carbocycles. The molecule has 5 rings (SSSR count). The number of carboxylic acid groups (broad SMARTS) is 1. The van der Waals surface area contributed by atoms with Gasteiger partial charge in [0.05, 0.1) is 5.69 Å². The van der Waals surface area contributed by atoms with Crippen molar-refractivity contribution >= 4 is 28.8 Å². The molecule has 0 aliphatic carbocycles. The van der Waals surface area contributed by atoms with E-state index in [0.717, 1.165) is 22.5 Å². The van der Waals surface area contributed by atoms with Crippen LogP contribution in [0.5, 0.6) is 0 Å². The molecule has 144 valence electrons. The van der Waals surface area contributed by atoms with Gasteiger partial charge in [0.1, 0.15) is 6.04 Å². The van der Waals surface area contributed by atoms with Crippen molar-refractivity contribution in [2.24, 2.45) is 5.73 Å². The number of nitrogens with two attached hydrogens (primary N) is 1. The summed E-state index contributed by atoms with van der Waals surface area (Å²) < 4.78 is 14.9. The number of fused-ring (bicyclic) bond motifs is 2. The van der Waals surface area contributed by atoms with Gasteiger partial charge >= 0.3 is 5.97 Å². The fraction of sp³-hybridized carbons (Fsp3) is 0.333. The number of anilines is 3. The van der Waals surface area contributed by atoms with Gasteiger partial charge in [0.25, 0.3) is 0 Å². The Bertz CT molecular complexity index is 1010. The van der Waals surface area contributed by atoms with Crippen LogP contribution in [0.4, 0.5) is 21.5 Å². The van der Waals surface area contributed by atoms with E-state index in [1.807, 2.05) is 24.3 Å². The highest BCUT2D eigenvalue weighted by Gasteiger charge is 2.46. The van der Waals surface area contributed by atoms with E-state index in [9.17, 15) is 19.1 Å². The molecule has 2 aromatic carbocycles. The molecule has 0 bridgehead atoms. The molecule has 28 heavy (non-hydrogen) atoms. The van der Waals surface area contributed by atoms with E-state index in [0.29, 0.717) is 30.6 Å². The van der Waals surface area contributed by atoms with Crippen LogP contribution in [0.2, 0.25) is 0 Å². The van der Waals surface area contributed by atoms with Crippen LogP contribution in [0.25, 0.3) is 0 Å². The van der Waals surface area contributed by atoms with Crippen LogP contribution in [-0.4, -0.2) is 41.8 Å². The number of halogens is 1. The summed E-state index contributed by atoms with van der Waals surface area (Å²) in [5, 5.41) is 9.65. The van der Waals surface area contributed by atoms with Crippen molar-refractivity contribution in [1.82, 2.24) is 0 Å². The highest BCUT2D eigenvalue weighted by atomic mass is 19.1. The Morgan fingerprint density at radius 1 is 1.18 bits per heavy atom. The van der Waals surface area contributed by atoms with E-state index in [4.69, 9.17) is 5.73 Å². The number of nitrogens with zero attached hydrogens (tertiary/aromatic N) is 2. The lowest BCUT2D eigenvalue weighted by Crippen LogP contribution is -2.47. The number of benzene rings is 2. The van der Waals surface area contributed by atoms with Gasteiger partial charge in [-0.3, -0.25) is 4.79 Å². The number of aliphatic carboxylic acids is 1. The zero-order valence-electron chi connectivity index (χ0n) is 15.1. The average molecular weight is 381 g/mol. The third-order valence-electron chi connectivity index (χ3n) is 6.05. The summed E-state index contributed by atoms with van der Waals surface area (Å²) in [5.74, 6) is -1.08. The summed E-state index contributed by atoms with van der Waals surface area (Å²) in [7, 11) is 0. The van der Waals surface area contributed by atoms with E-state index >= 15 is 0 Å². The van der Waals surface area contributed by atoms with E-state index in [2.05, 4.69) is 4.90 Å². The van der Waals surface area contributed by atoms with Gasteiger partial charge in [0, 0.05) is 54.4 Å². The van der Waals surface area contributed by atoms with Gasteiger partial charge in [-0.05, 0) is 23.8 Å². The predicted molar refractivity (Wildman–Crippen MR) is 103 cm³/mol. The Balaban J connectivity index is 1.73. The van der Waals surface area contributed by atoms with Crippen molar-refractivity contribution in [3.8, 4) is 0 Å². The number of carboxylic acids is 1. The van der Waals surface area contributed by atoms with Gasteiger partial charge in [-0.2, -0.15) is 0 Å². The first-order chi connectivity index (χ1) is 13.5. The topological polar surface area (TPSA) is 86.9 Å². The molecule has 3 heterocycles. The number of para-hydroxylation sites is 1. The van der Waals surface area contributed by atoms with Gasteiger partial charge in [-0.15, -0.1) is 0 Å². The molecular weight excluding hydrogens is 361 g/mol. The van der Waals surface area contributed by atoms with Gasteiger partial charge in [0.15, 0.2) is 12.1 Å². The van der Waals surface area contributed by atoms with Crippen LogP contribution in [0.15, 0.2) is 36.4 Å². The van der Waals surface area contributed by atoms with Crippen LogP contribution in [-0.2, 0) is 11.2 Å². The number of ketones is 1. The molecular formula is C21H20FN3O3. The van der Waals surface area contributed by atoms with Crippen molar-refractivity contribution in [3.05, 3.63) is 53.1 Å². The second-order valence-corrected chi connectivity index (χ2v) is 7.61. The normalized spacial score (nSPS) is 25.5. The van der Waals surface area contributed by atoms with Crippen molar-refractivity contribution < 1.29 is 19.1 Å². The first-order valence-electron chi connectivity index (χ1n) is 9.42. The van der Waals surface area contributed by atoms with E-state index in [1.165, 1.54) is 4.90 Å². The summed E-state index contributed by atoms with van der Waals surface area (Å²) in [4.78, 5) is 27.7. The Labute approximate surface area is 161 Å². The third kappa shape index (κ3) is 2.29. The Morgan fingerprint density at radius 3 is 2.75 bits per heavy atom. The Hall–Kier alpha value is -2.93. The average Bonchev–Trinajstić information content (AvgIpc) is 2.97. The quantitative estimate of drug-likeness (QED) is 0.778. The van der Waals surface area contributed by atoms with E-state index in [1.54, 1.807) is 12.1 Å². The summed E-state index contributed by atoms with van der Waals surface area (Å²) in [6, 6.07) is 9.42. The molecule has 3 atom stereocenters. The van der Waals surface area contributed by atoms with Crippen LogP contribution < -0.4 is 15.5 Å². The van der Waals surface area contributed by atoms with Crippen LogP contribution in [0.1, 0.15) is 34.3 Å². The second kappa shape index (κ2) is 6.04. The number of hydrogen-bond acceptors (Lipinski definition) is 5. The fourth-order valence-corrected chi connectivity index (χ4v) is 4.84. The first-order valence-corrected chi connectivity index (χ1v) is 9.42. The number of carbonyl (C=O) groups is 2. The molecule has 1 fully saturated rings. The smallest absolute Gasteiger partial charge is 0.328 e. The maximum Gasteiger partial charge on any atom is 0.328 e. The van der Waals surface area contributed by atoms with E-state index in [-0.39, 0.29) is 12.2 Å². The lowest BCUT2D eigenvalue weighted by atomic mass is 9.87. The van der Waals surface area contributed by atoms with Crippen molar-refractivity contribution in [3.63, 3.8) is 0 Å². The Morgan fingerprint density at radius 2 is 1.96 bits per heavy atom. The van der Waals surface area contributed by atoms with Crippen molar-refractivity contribution in [2.45, 2.75) is 37.6 Å². The van der Waals surface area contributed by atoms with Crippen LogP contribution in [0, 0.1) is 0 Å². The number of Topliss-reactive ketones (excluding diaryl/α,β-unsaturated/α-hetero) is 1. The van der Waals surface area contributed by atoms with Gasteiger partial charge in [-0.1, -0.05) is 18.2 Å². The summed E-state index contributed by atoms with van der Waals surface area (Å²) in [5.41, 5.74) is 10.8. The minimum absolute atomic E-state index is 0.0350. The van der Waals surface area contributed by atoms with E-state index < -0.39 is 24.3 Å². The molecule has 1 saturated heterocycles. The van der Waals surface area contributed by atoms with Gasteiger partial charge in [-0.25, -0.2) is 9.18 Å². The predicted octanol–water partition coefficient (Wildman–Crippen LogP) is 2.60. The maximum absolute atomic E-state index is 14.9. The highest BCUT2D eigenvalue weighted by Crippen LogP contribution is 2.48. The summed E-state index contributed by atoms with van der Waals surface area (Å²) >= 11 is 0. The number of carbonyl (C=O) groups excluding carboxylic acids is 1. The standard InChI is InChI=1S/C21H20FN3O3/c22-18-10-14(23)20(21(27)28)25(18)16-6-5-12-17(26)7-8-24-15-4-2-1-3-11(15)9-13(16)19(12)24/h1-6,14,18,20H,7-10,23H2,(H,27,28). The number of hydrogen-bond donors (Lipinski definition) is 2. The van der Waals surface area contributed by atoms with Crippen LogP contribution >= 0.6 is 0 Å². The lowest BCUT2D eigenvalue weighted by molar-refractivity contribution is -0.138. The molecule has 0 aromatic heterocycles. The minimum atomic E-state index is -1.48. The molecule has 0 spiro atoms. The lowest BCUT2D eigenvalue weighted by Gasteiger charge is -2.40. The molecule has 7 heteroatoms. The fourth-order valence-electron chi connectivity index (χ4n) is 4.84. The van der Waals surface area contributed by atoms with Crippen molar-refractivity contribution in [2.75, 3.05) is 16.3 Å². The number of alkyl halides is 1. The molecule has 3 N–H and O–H groups in total.